The average Bonchev–Trinajstić information content (AvgIpc) is 2.61. The maximum absolute atomic E-state index is 11.6. The zero-order valence-electron chi connectivity index (χ0n) is 10.5. The molecule has 0 bridgehead atoms. The van der Waals surface area contributed by atoms with Gasteiger partial charge in [0.25, 0.3) is 0 Å². The molecular weight excluding hydrogens is 204 g/mol. The Kier molecular flexibility index (Phi) is 6.42. The predicted octanol–water partition coefficient (Wildman–Crippen LogP) is 1.36. The van der Waals surface area contributed by atoms with Gasteiger partial charge in [-0.2, -0.15) is 0 Å². The predicted molar refractivity (Wildman–Crippen MR) is 64.1 cm³/mol. The first-order valence-electron chi connectivity index (χ1n) is 6.40. The van der Waals surface area contributed by atoms with Crippen LogP contribution >= 0.6 is 0 Å². The highest BCUT2D eigenvalue weighted by atomic mass is 16.5. The second kappa shape index (κ2) is 7.63. The Balaban J connectivity index is 2.19. The summed E-state index contributed by atoms with van der Waals surface area (Å²) in [4.78, 5) is 13.6. The molecule has 1 atom stereocenters. The van der Waals surface area contributed by atoms with E-state index >= 15 is 0 Å². The van der Waals surface area contributed by atoms with Crippen molar-refractivity contribution in [2.45, 2.75) is 45.7 Å². The van der Waals surface area contributed by atoms with Gasteiger partial charge in [-0.1, -0.05) is 20.3 Å². The fourth-order valence-corrected chi connectivity index (χ4v) is 1.99. The van der Waals surface area contributed by atoms with Crippen LogP contribution in [-0.2, 0) is 9.53 Å². The third-order valence-electron chi connectivity index (χ3n) is 2.78. The van der Waals surface area contributed by atoms with Crippen LogP contribution in [0.25, 0.3) is 0 Å². The lowest BCUT2D eigenvalue weighted by Gasteiger charge is -2.23. The quantitative estimate of drug-likeness (QED) is 0.638. The summed E-state index contributed by atoms with van der Waals surface area (Å²) in [6, 6.07) is 0. The second-order valence-electron chi connectivity index (χ2n) is 4.24. The summed E-state index contributed by atoms with van der Waals surface area (Å²) < 4.78 is 5.41. The summed E-state index contributed by atoms with van der Waals surface area (Å²) in [7, 11) is 0. The van der Waals surface area contributed by atoms with E-state index < -0.39 is 0 Å². The molecule has 1 N–H and O–H groups in total. The minimum atomic E-state index is 0.231. The fraction of sp³-hybridized carbons (Fsp3) is 0.917. The number of rotatable bonds is 8. The van der Waals surface area contributed by atoms with Gasteiger partial charge in [-0.25, -0.2) is 0 Å². The standard InChI is InChI=1S/C12H24N2O2/c1-3-6-11-13-10-12(15)14(11)7-5-9-16-8-4-2/h11,13H,3-10H2,1-2H3. The number of nitrogens with one attached hydrogen (secondary N) is 1. The van der Waals surface area contributed by atoms with Gasteiger partial charge in [-0.15, -0.1) is 0 Å². The Bertz CT molecular complexity index is 209. The van der Waals surface area contributed by atoms with Gasteiger partial charge in [0, 0.05) is 19.8 Å². The molecule has 0 aromatic rings. The Morgan fingerprint density at radius 3 is 2.88 bits per heavy atom. The zero-order chi connectivity index (χ0) is 11.8. The van der Waals surface area contributed by atoms with Crippen LogP contribution in [0.2, 0.25) is 0 Å². The van der Waals surface area contributed by atoms with Crippen molar-refractivity contribution < 1.29 is 9.53 Å². The number of hydrogen-bond donors (Lipinski definition) is 1. The summed E-state index contributed by atoms with van der Waals surface area (Å²) in [5, 5.41) is 3.25. The van der Waals surface area contributed by atoms with Gasteiger partial charge in [0.15, 0.2) is 0 Å². The molecule has 1 unspecified atom stereocenters. The van der Waals surface area contributed by atoms with Crippen LogP contribution in [0.1, 0.15) is 39.5 Å². The maximum Gasteiger partial charge on any atom is 0.237 e. The lowest BCUT2D eigenvalue weighted by molar-refractivity contribution is -0.128. The molecule has 0 radical (unpaired) electrons. The minimum absolute atomic E-state index is 0.231. The van der Waals surface area contributed by atoms with Gasteiger partial charge in [-0.3, -0.25) is 10.1 Å². The van der Waals surface area contributed by atoms with E-state index in [1.165, 1.54) is 0 Å². The molecule has 0 spiro atoms. The van der Waals surface area contributed by atoms with E-state index in [0.717, 1.165) is 45.4 Å². The van der Waals surface area contributed by atoms with Crippen molar-refractivity contribution >= 4 is 5.91 Å². The highest BCUT2D eigenvalue weighted by molar-refractivity contribution is 5.80. The molecule has 0 aromatic carbocycles. The average molecular weight is 228 g/mol. The Morgan fingerprint density at radius 2 is 2.19 bits per heavy atom. The summed E-state index contributed by atoms with van der Waals surface area (Å²) in [5.41, 5.74) is 0. The normalized spacial score (nSPS) is 20.8. The summed E-state index contributed by atoms with van der Waals surface area (Å²) in [6.45, 7) is 7.15. The molecule has 1 rings (SSSR count). The van der Waals surface area contributed by atoms with Crippen molar-refractivity contribution in [2.75, 3.05) is 26.3 Å². The van der Waals surface area contributed by atoms with Crippen molar-refractivity contribution in [3.8, 4) is 0 Å². The van der Waals surface area contributed by atoms with E-state index in [9.17, 15) is 4.79 Å². The molecule has 1 fully saturated rings. The highest BCUT2D eigenvalue weighted by Gasteiger charge is 2.28. The minimum Gasteiger partial charge on any atom is -0.381 e. The van der Waals surface area contributed by atoms with Crippen molar-refractivity contribution in [3.05, 3.63) is 0 Å². The third-order valence-corrected chi connectivity index (χ3v) is 2.78. The first-order chi connectivity index (χ1) is 7.79. The highest BCUT2D eigenvalue weighted by Crippen LogP contribution is 2.10. The van der Waals surface area contributed by atoms with E-state index in [2.05, 4.69) is 19.2 Å². The second-order valence-corrected chi connectivity index (χ2v) is 4.24. The van der Waals surface area contributed by atoms with Crippen LogP contribution in [0, 0.1) is 0 Å². The lowest BCUT2D eigenvalue weighted by Crippen LogP contribution is -2.38. The van der Waals surface area contributed by atoms with E-state index in [1.807, 2.05) is 4.90 Å². The van der Waals surface area contributed by atoms with Crippen LogP contribution in [0.3, 0.4) is 0 Å². The van der Waals surface area contributed by atoms with Gasteiger partial charge in [0.2, 0.25) is 5.91 Å². The molecule has 0 saturated carbocycles. The van der Waals surface area contributed by atoms with E-state index in [-0.39, 0.29) is 12.1 Å². The van der Waals surface area contributed by atoms with Gasteiger partial charge in [0.1, 0.15) is 0 Å². The smallest absolute Gasteiger partial charge is 0.237 e. The number of hydrogen-bond acceptors (Lipinski definition) is 3. The van der Waals surface area contributed by atoms with Crippen molar-refractivity contribution in [1.29, 1.82) is 0 Å². The lowest BCUT2D eigenvalue weighted by atomic mass is 10.2. The molecule has 4 nitrogen and oxygen atoms in total. The van der Waals surface area contributed by atoms with Gasteiger partial charge < -0.3 is 9.64 Å². The van der Waals surface area contributed by atoms with Crippen LogP contribution in [0.4, 0.5) is 0 Å². The Labute approximate surface area is 98.3 Å². The maximum atomic E-state index is 11.6. The molecule has 1 aliphatic rings. The fourth-order valence-electron chi connectivity index (χ4n) is 1.99. The summed E-state index contributed by atoms with van der Waals surface area (Å²) >= 11 is 0. The number of amides is 1. The number of nitrogens with zero attached hydrogens (tertiary/aromatic N) is 1. The molecular formula is C12H24N2O2. The topological polar surface area (TPSA) is 41.6 Å². The number of carbonyl (C=O) groups is 1. The van der Waals surface area contributed by atoms with Crippen molar-refractivity contribution in [2.24, 2.45) is 0 Å². The third kappa shape index (κ3) is 4.10. The first-order valence-corrected chi connectivity index (χ1v) is 6.40. The Hall–Kier alpha value is -0.610. The molecule has 1 amide bonds. The molecule has 1 aliphatic heterocycles. The van der Waals surface area contributed by atoms with E-state index in [4.69, 9.17) is 4.74 Å². The van der Waals surface area contributed by atoms with Gasteiger partial charge >= 0.3 is 0 Å². The van der Waals surface area contributed by atoms with Gasteiger partial charge in [-0.05, 0) is 19.3 Å². The molecule has 94 valence electrons. The number of ether oxygens (including phenoxy) is 1. The largest absolute Gasteiger partial charge is 0.381 e. The molecule has 4 heteroatoms. The molecule has 0 aromatic heterocycles. The van der Waals surface area contributed by atoms with E-state index in [0.29, 0.717) is 6.54 Å². The molecule has 0 aliphatic carbocycles. The van der Waals surface area contributed by atoms with Crippen LogP contribution in [0.5, 0.6) is 0 Å². The molecule has 1 heterocycles. The van der Waals surface area contributed by atoms with Crippen molar-refractivity contribution in [1.82, 2.24) is 10.2 Å². The monoisotopic (exact) mass is 228 g/mol. The Morgan fingerprint density at radius 1 is 1.38 bits per heavy atom. The summed E-state index contributed by atoms with van der Waals surface area (Å²) in [6.07, 6.45) is 4.40. The first kappa shape index (κ1) is 13.5. The number of carbonyl (C=O) groups excluding carboxylic acids is 1. The molecule has 1 saturated heterocycles. The molecule has 16 heavy (non-hydrogen) atoms. The van der Waals surface area contributed by atoms with Crippen LogP contribution in [-0.4, -0.2) is 43.3 Å². The van der Waals surface area contributed by atoms with Crippen LogP contribution < -0.4 is 5.32 Å². The summed E-state index contributed by atoms with van der Waals surface area (Å²) in [5.74, 6) is 0.231. The van der Waals surface area contributed by atoms with Crippen molar-refractivity contribution in [3.63, 3.8) is 0 Å². The zero-order valence-corrected chi connectivity index (χ0v) is 10.5. The van der Waals surface area contributed by atoms with Gasteiger partial charge in [0.05, 0.1) is 12.7 Å². The SMILES string of the molecule is CCCOCCCN1C(=O)CNC1CCC. The van der Waals surface area contributed by atoms with Crippen LogP contribution in [0.15, 0.2) is 0 Å². The van der Waals surface area contributed by atoms with E-state index in [1.54, 1.807) is 0 Å².